The van der Waals surface area contributed by atoms with Crippen LogP contribution in [0, 0.1) is 6.92 Å². The molecule has 36 heavy (non-hydrogen) atoms. The minimum atomic E-state index is -4.76. The molecule has 0 bridgehead atoms. The third-order valence-corrected chi connectivity index (χ3v) is 6.24. The first-order valence-corrected chi connectivity index (χ1v) is 13.0. The van der Waals surface area contributed by atoms with Crippen LogP contribution in [0.1, 0.15) is 27.2 Å². The van der Waals surface area contributed by atoms with Crippen molar-refractivity contribution in [2.24, 2.45) is 0 Å². The standard InChI is InChI=1S/C25H23F3N2O5S/c1-15-7-21(20-5-3-4-6-23(20)35-19-12-34-13-19)22(11-29-15)30-24(31)17-8-16(14-36(2,32)33)9-18(10-17)25(26,27)28/h3-11,19H,12-14H2,1-2H3,(H,30,31). The number of hydrogen-bond acceptors (Lipinski definition) is 6. The van der Waals surface area contributed by atoms with Crippen molar-refractivity contribution in [3.63, 3.8) is 0 Å². The van der Waals surface area contributed by atoms with Crippen LogP contribution in [0.5, 0.6) is 5.75 Å². The Hall–Kier alpha value is -3.44. The lowest BCUT2D eigenvalue weighted by molar-refractivity contribution is -0.137. The SMILES string of the molecule is Cc1cc(-c2ccccc2OC2COC2)c(NC(=O)c2cc(CS(C)(=O)=O)cc(C(F)(F)F)c2)cn1. The van der Waals surface area contributed by atoms with Crippen molar-refractivity contribution in [1.82, 2.24) is 4.98 Å². The van der Waals surface area contributed by atoms with Crippen molar-refractivity contribution in [2.45, 2.75) is 25.0 Å². The van der Waals surface area contributed by atoms with Crippen LogP contribution in [0.4, 0.5) is 18.9 Å². The number of carbonyl (C=O) groups is 1. The molecule has 1 fully saturated rings. The number of pyridine rings is 1. The highest BCUT2D eigenvalue weighted by atomic mass is 32.2. The average Bonchev–Trinajstić information content (AvgIpc) is 2.76. The lowest BCUT2D eigenvalue weighted by Crippen LogP contribution is -2.38. The molecule has 1 aliphatic rings. The maximum atomic E-state index is 13.5. The number of sulfone groups is 1. The van der Waals surface area contributed by atoms with Gasteiger partial charge in [0, 0.05) is 28.6 Å². The zero-order valence-corrected chi connectivity index (χ0v) is 20.2. The summed E-state index contributed by atoms with van der Waals surface area (Å²) in [5.41, 5.74) is 0.555. The second-order valence-corrected chi connectivity index (χ2v) is 10.7. The number of halogens is 3. The molecule has 7 nitrogen and oxygen atoms in total. The maximum absolute atomic E-state index is 13.5. The van der Waals surface area contributed by atoms with E-state index in [1.54, 1.807) is 37.3 Å². The molecule has 1 saturated heterocycles. The van der Waals surface area contributed by atoms with E-state index in [4.69, 9.17) is 9.47 Å². The zero-order chi connectivity index (χ0) is 26.1. The molecule has 4 rings (SSSR count). The summed E-state index contributed by atoms with van der Waals surface area (Å²) >= 11 is 0. The second-order valence-electron chi connectivity index (χ2n) is 8.59. The Morgan fingerprint density at radius 3 is 2.50 bits per heavy atom. The molecule has 0 aliphatic carbocycles. The Kier molecular flexibility index (Phi) is 7.05. The van der Waals surface area contributed by atoms with Gasteiger partial charge in [-0.3, -0.25) is 9.78 Å². The fourth-order valence-electron chi connectivity index (χ4n) is 3.70. The molecule has 11 heteroatoms. The maximum Gasteiger partial charge on any atom is 0.416 e. The summed E-state index contributed by atoms with van der Waals surface area (Å²) in [6.07, 6.45) is -2.55. The highest BCUT2D eigenvalue weighted by molar-refractivity contribution is 7.89. The number of rotatable bonds is 7. The largest absolute Gasteiger partial charge is 0.485 e. The van der Waals surface area contributed by atoms with E-state index < -0.39 is 33.2 Å². The number of alkyl halides is 3. The van der Waals surface area contributed by atoms with E-state index in [0.29, 0.717) is 41.9 Å². The summed E-state index contributed by atoms with van der Waals surface area (Å²) in [5, 5.41) is 2.63. The summed E-state index contributed by atoms with van der Waals surface area (Å²) in [6.45, 7) is 2.68. The fraction of sp³-hybridized carbons (Fsp3) is 0.280. The summed E-state index contributed by atoms with van der Waals surface area (Å²) < 4.78 is 74.9. The number of aromatic nitrogens is 1. The van der Waals surface area contributed by atoms with Crippen LogP contribution in [-0.4, -0.2) is 44.9 Å². The molecule has 0 unspecified atom stereocenters. The van der Waals surface area contributed by atoms with Crippen molar-refractivity contribution < 1.29 is 35.9 Å². The van der Waals surface area contributed by atoms with Gasteiger partial charge in [-0.05, 0) is 42.8 Å². The number of aryl methyl sites for hydroxylation is 1. The number of carbonyl (C=O) groups excluding carboxylic acids is 1. The van der Waals surface area contributed by atoms with E-state index in [9.17, 15) is 26.4 Å². The summed E-state index contributed by atoms with van der Waals surface area (Å²) in [7, 11) is -3.63. The molecule has 0 atom stereocenters. The molecule has 1 aromatic heterocycles. The molecule has 2 heterocycles. The monoisotopic (exact) mass is 520 g/mol. The van der Waals surface area contributed by atoms with E-state index in [1.807, 2.05) is 0 Å². The van der Waals surface area contributed by atoms with Crippen molar-refractivity contribution >= 4 is 21.4 Å². The Balaban J connectivity index is 1.71. The third kappa shape index (κ3) is 6.21. The Morgan fingerprint density at radius 2 is 1.86 bits per heavy atom. The quantitative estimate of drug-likeness (QED) is 0.488. The predicted octanol–water partition coefficient (Wildman–Crippen LogP) is 4.65. The number of nitrogens with zero attached hydrogens (tertiary/aromatic N) is 1. The van der Waals surface area contributed by atoms with Crippen LogP contribution in [0.25, 0.3) is 11.1 Å². The van der Waals surface area contributed by atoms with E-state index >= 15 is 0 Å². The van der Waals surface area contributed by atoms with Gasteiger partial charge in [0.2, 0.25) is 0 Å². The van der Waals surface area contributed by atoms with Gasteiger partial charge in [-0.15, -0.1) is 0 Å². The highest BCUT2D eigenvalue weighted by Gasteiger charge is 2.32. The van der Waals surface area contributed by atoms with Crippen molar-refractivity contribution in [2.75, 3.05) is 24.8 Å². The van der Waals surface area contributed by atoms with E-state index in [1.165, 1.54) is 6.20 Å². The van der Waals surface area contributed by atoms with Gasteiger partial charge >= 0.3 is 6.18 Å². The first-order valence-electron chi connectivity index (χ1n) is 10.9. The molecular formula is C25H23F3N2O5S. The van der Waals surface area contributed by atoms with E-state index in [2.05, 4.69) is 10.3 Å². The molecular weight excluding hydrogens is 497 g/mol. The molecule has 0 saturated carbocycles. The normalized spacial score (nSPS) is 14.2. The molecule has 1 amide bonds. The van der Waals surface area contributed by atoms with Gasteiger partial charge in [0.05, 0.1) is 36.4 Å². The minimum Gasteiger partial charge on any atom is -0.485 e. The van der Waals surface area contributed by atoms with Crippen molar-refractivity contribution in [3.05, 3.63) is 77.1 Å². The van der Waals surface area contributed by atoms with Gasteiger partial charge in [-0.1, -0.05) is 18.2 Å². The predicted molar refractivity (Wildman–Crippen MR) is 128 cm³/mol. The molecule has 2 aromatic carbocycles. The summed E-state index contributed by atoms with van der Waals surface area (Å²) in [5.74, 6) is -0.917. The lowest BCUT2D eigenvalue weighted by atomic mass is 10.0. The number of ether oxygens (including phenoxy) is 2. The van der Waals surface area contributed by atoms with Gasteiger partial charge in [0.25, 0.3) is 5.91 Å². The number of para-hydroxylation sites is 1. The molecule has 3 aromatic rings. The Morgan fingerprint density at radius 1 is 1.14 bits per heavy atom. The number of anilines is 1. The van der Waals surface area contributed by atoms with E-state index in [-0.39, 0.29) is 22.9 Å². The molecule has 190 valence electrons. The number of hydrogen-bond donors (Lipinski definition) is 1. The summed E-state index contributed by atoms with van der Waals surface area (Å²) in [6, 6.07) is 11.5. The highest BCUT2D eigenvalue weighted by Crippen LogP contribution is 2.37. The number of benzene rings is 2. The molecule has 1 aliphatic heterocycles. The minimum absolute atomic E-state index is 0.106. The number of nitrogens with one attached hydrogen (secondary N) is 1. The Bertz CT molecular complexity index is 1400. The van der Waals surface area contributed by atoms with Gasteiger partial charge in [-0.25, -0.2) is 8.42 Å². The first-order chi connectivity index (χ1) is 16.9. The van der Waals surface area contributed by atoms with E-state index in [0.717, 1.165) is 18.4 Å². The zero-order valence-electron chi connectivity index (χ0n) is 19.4. The molecule has 0 spiro atoms. The van der Waals surface area contributed by atoms with Crippen LogP contribution < -0.4 is 10.1 Å². The molecule has 0 radical (unpaired) electrons. The van der Waals surface area contributed by atoms with Crippen molar-refractivity contribution in [3.8, 4) is 16.9 Å². The fourth-order valence-corrected chi connectivity index (χ4v) is 4.48. The van der Waals surface area contributed by atoms with Crippen LogP contribution >= 0.6 is 0 Å². The van der Waals surface area contributed by atoms with Gasteiger partial charge in [0.15, 0.2) is 9.84 Å². The topological polar surface area (TPSA) is 94.6 Å². The van der Waals surface area contributed by atoms with Crippen molar-refractivity contribution in [1.29, 1.82) is 0 Å². The van der Waals surface area contributed by atoms with Crippen LogP contribution in [-0.2, 0) is 26.5 Å². The average molecular weight is 521 g/mol. The van der Waals surface area contributed by atoms with Gasteiger partial charge in [-0.2, -0.15) is 13.2 Å². The van der Waals surface area contributed by atoms with Crippen LogP contribution in [0.15, 0.2) is 54.7 Å². The third-order valence-electron chi connectivity index (χ3n) is 5.38. The van der Waals surface area contributed by atoms with Crippen LogP contribution in [0.3, 0.4) is 0 Å². The smallest absolute Gasteiger partial charge is 0.416 e. The van der Waals surface area contributed by atoms with Crippen LogP contribution in [0.2, 0.25) is 0 Å². The van der Waals surface area contributed by atoms with Gasteiger partial charge in [0.1, 0.15) is 11.9 Å². The number of amides is 1. The first kappa shape index (κ1) is 25.6. The molecule has 1 N–H and O–H groups in total. The lowest BCUT2D eigenvalue weighted by Gasteiger charge is -2.28. The second kappa shape index (κ2) is 9.90. The summed E-state index contributed by atoms with van der Waals surface area (Å²) in [4.78, 5) is 17.3. The Labute approximate surface area is 206 Å². The van der Waals surface area contributed by atoms with Gasteiger partial charge < -0.3 is 14.8 Å².